The van der Waals surface area contributed by atoms with Gasteiger partial charge in [-0.3, -0.25) is 9.59 Å². The molecule has 0 amide bonds. The molecule has 4 heteroatoms. The number of carbonyl (C=O) groups is 2. The topological polar surface area (TPSA) is 52.6 Å². The Morgan fingerprint density at radius 2 is 1.87 bits per heavy atom. The second-order valence-corrected chi connectivity index (χ2v) is 3.66. The molecule has 1 unspecified atom stereocenters. The quantitative estimate of drug-likeness (QED) is 0.367. The SMILES string of the molecule is CCOCCC(=O)C(C(=O)OC)C(C)C. The van der Waals surface area contributed by atoms with Gasteiger partial charge in [-0.1, -0.05) is 13.8 Å². The van der Waals surface area contributed by atoms with Crippen LogP contribution < -0.4 is 0 Å². The Bertz CT molecular complexity index is 211. The number of hydrogen-bond donors (Lipinski definition) is 0. The van der Waals surface area contributed by atoms with E-state index in [1.807, 2.05) is 20.8 Å². The average molecular weight is 216 g/mol. The lowest BCUT2D eigenvalue weighted by Crippen LogP contribution is -2.30. The molecule has 0 N–H and O–H groups in total. The van der Waals surface area contributed by atoms with Crippen LogP contribution in [-0.2, 0) is 19.1 Å². The van der Waals surface area contributed by atoms with E-state index < -0.39 is 11.9 Å². The minimum atomic E-state index is -0.657. The van der Waals surface area contributed by atoms with Gasteiger partial charge in [0.25, 0.3) is 0 Å². The van der Waals surface area contributed by atoms with Crippen molar-refractivity contribution in [3.63, 3.8) is 0 Å². The van der Waals surface area contributed by atoms with Crippen LogP contribution in [0.5, 0.6) is 0 Å². The fourth-order valence-corrected chi connectivity index (χ4v) is 1.37. The van der Waals surface area contributed by atoms with E-state index in [-0.39, 0.29) is 18.1 Å². The zero-order chi connectivity index (χ0) is 11.8. The van der Waals surface area contributed by atoms with Crippen LogP contribution in [0.25, 0.3) is 0 Å². The van der Waals surface area contributed by atoms with Gasteiger partial charge >= 0.3 is 5.97 Å². The summed E-state index contributed by atoms with van der Waals surface area (Å²) in [5.74, 6) is -1.25. The van der Waals surface area contributed by atoms with Gasteiger partial charge in [-0.25, -0.2) is 0 Å². The molecule has 0 aliphatic heterocycles. The first kappa shape index (κ1) is 14.1. The molecule has 0 aromatic rings. The zero-order valence-corrected chi connectivity index (χ0v) is 9.91. The minimum Gasteiger partial charge on any atom is -0.468 e. The second kappa shape index (κ2) is 7.40. The molecule has 0 aromatic heterocycles. The van der Waals surface area contributed by atoms with Crippen LogP contribution >= 0.6 is 0 Å². The van der Waals surface area contributed by atoms with Crippen LogP contribution in [0, 0.1) is 11.8 Å². The van der Waals surface area contributed by atoms with Gasteiger partial charge in [0, 0.05) is 13.0 Å². The summed E-state index contributed by atoms with van der Waals surface area (Å²) in [6, 6.07) is 0. The third-order valence-electron chi connectivity index (χ3n) is 2.17. The van der Waals surface area contributed by atoms with Crippen molar-refractivity contribution >= 4 is 11.8 Å². The molecular formula is C11H20O4. The summed E-state index contributed by atoms with van der Waals surface area (Å²) in [6.45, 7) is 6.48. The number of Topliss-reactive ketones (excluding diaryl/α,β-unsaturated/α-hetero) is 1. The Labute approximate surface area is 90.9 Å². The van der Waals surface area contributed by atoms with E-state index in [4.69, 9.17) is 4.74 Å². The van der Waals surface area contributed by atoms with Crippen LogP contribution in [0.3, 0.4) is 0 Å². The number of ketones is 1. The highest BCUT2D eigenvalue weighted by molar-refractivity contribution is 5.99. The zero-order valence-electron chi connectivity index (χ0n) is 9.91. The Hall–Kier alpha value is -0.900. The molecule has 0 spiro atoms. The predicted octanol–water partition coefficient (Wildman–Crippen LogP) is 1.43. The number of esters is 1. The lowest BCUT2D eigenvalue weighted by molar-refractivity contribution is -0.151. The fraction of sp³-hybridized carbons (Fsp3) is 0.818. The van der Waals surface area contributed by atoms with Crippen LogP contribution in [0.4, 0.5) is 0 Å². The molecule has 0 fully saturated rings. The highest BCUT2D eigenvalue weighted by Crippen LogP contribution is 2.15. The summed E-state index contributed by atoms with van der Waals surface area (Å²) in [7, 11) is 1.30. The molecule has 4 nitrogen and oxygen atoms in total. The lowest BCUT2D eigenvalue weighted by atomic mass is 9.90. The van der Waals surface area contributed by atoms with Gasteiger partial charge in [0.1, 0.15) is 11.7 Å². The number of hydrogen-bond acceptors (Lipinski definition) is 4. The summed E-state index contributed by atoms with van der Waals surface area (Å²) >= 11 is 0. The molecule has 1 atom stereocenters. The number of methoxy groups -OCH3 is 1. The van der Waals surface area contributed by atoms with Gasteiger partial charge in [0.2, 0.25) is 0 Å². The van der Waals surface area contributed by atoms with Gasteiger partial charge < -0.3 is 9.47 Å². The summed E-state index contributed by atoms with van der Waals surface area (Å²) in [5.41, 5.74) is 0. The molecular weight excluding hydrogens is 196 g/mol. The standard InChI is InChI=1S/C11H20O4/c1-5-15-7-6-9(12)10(8(2)3)11(13)14-4/h8,10H,5-7H2,1-4H3. The van der Waals surface area contributed by atoms with E-state index in [9.17, 15) is 9.59 Å². The number of rotatable bonds is 7. The van der Waals surface area contributed by atoms with Crippen LogP contribution in [0.1, 0.15) is 27.2 Å². The Kier molecular flexibility index (Phi) is 6.96. The van der Waals surface area contributed by atoms with Crippen molar-refractivity contribution in [1.29, 1.82) is 0 Å². The van der Waals surface area contributed by atoms with Gasteiger partial charge in [-0.2, -0.15) is 0 Å². The van der Waals surface area contributed by atoms with Crippen LogP contribution in [0.15, 0.2) is 0 Å². The van der Waals surface area contributed by atoms with Gasteiger partial charge in [0.15, 0.2) is 0 Å². The van der Waals surface area contributed by atoms with Crippen LogP contribution in [-0.4, -0.2) is 32.1 Å². The molecule has 0 aliphatic carbocycles. The summed E-state index contributed by atoms with van der Waals surface area (Å²) in [5, 5.41) is 0. The first-order chi connectivity index (χ1) is 7.04. The molecule has 0 rings (SSSR count). The third-order valence-corrected chi connectivity index (χ3v) is 2.17. The van der Waals surface area contributed by atoms with Crippen molar-refractivity contribution in [2.24, 2.45) is 11.8 Å². The van der Waals surface area contributed by atoms with E-state index in [1.54, 1.807) is 0 Å². The normalized spacial score (nSPS) is 12.6. The van der Waals surface area contributed by atoms with Gasteiger partial charge in [0.05, 0.1) is 13.7 Å². The maximum absolute atomic E-state index is 11.7. The highest BCUT2D eigenvalue weighted by atomic mass is 16.5. The van der Waals surface area contributed by atoms with E-state index in [0.29, 0.717) is 13.2 Å². The van der Waals surface area contributed by atoms with Crippen molar-refractivity contribution in [3.8, 4) is 0 Å². The molecule has 0 saturated carbocycles. The molecule has 88 valence electrons. The van der Waals surface area contributed by atoms with Crippen molar-refractivity contribution in [3.05, 3.63) is 0 Å². The van der Waals surface area contributed by atoms with E-state index in [2.05, 4.69) is 4.74 Å². The lowest BCUT2D eigenvalue weighted by Gasteiger charge is -2.16. The highest BCUT2D eigenvalue weighted by Gasteiger charge is 2.29. The predicted molar refractivity (Wildman–Crippen MR) is 56.5 cm³/mol. The summed E-state index contributed by atoms with van der Waals surface area (Å²) < 4.78 is 9.67. The first-order valence-corrected chi connectivity index (χ1v) is 5.22. The average Bonchev–Trinajstić information content (AvgIpc) is 2.17. The van der Waals surface area contributed by atoms with Crippen LogP contribution in [0.2, 0.25) is 0 Å². The first-order valence-electron chi connectivity index (χ1n) is 5.22. The van der Waals surface area contributed by atoms with E-state index in [0.717, 1.165) is 0 Å². The minimum absolute atomic E-state index is 0.0356. The molecule has 15 heavy (non-hydrogen) atoms. The Morgan fingerprint density at radius 1 is 1.27 bits per heavy atom. The monoisotopic (exact) mass is 216 g/mol. The van der Waals surface area contributed by atoms with E-state index in [1.165, 1.54) is 7.11 Å². The van der Waals surface area contributed by atoms with Gasteiger partial charge in [-0.15, -0.1) is 0 Å². The second-order valence-electron chi connectivity index (χ2n) is 3.66. The van der Waals surface area contributed by atoms with E-state index >= 15 is 0 Å². The molecule has 0 bridgehead atoms. The maximum Gasteiger partial charge on any atom is 0.316 e. The van der Waals surface area contributed by atoms with Crippen molar-refractivity contribution in [1.82, 2.24) is 0 Å². The molecule has 0 aromatic carbocycles. The number of carbonyl (C=O) groups excluding carboxylic acids is 2. The van der Waals surface area contributed by atoms with Crippen molar-refractivity contribution < 1.29 is 19.1 Å². The Morgan fingerprint density at radius 3 is 2.27 bits per heavy atom. The van der Waals surface area contributed by atoms with Crippen molar-refractivity contribution in [2.75, 3.05) is 20.3 Å². The molecule has 0 saturated heterocycles. The Balaban J connectivity index is 4.24. The van der Waals surface area contributed by atoms with Crippen molar-refractivity contribution in [2.45, 2.75) is 27.2 Å². The summed E-state index contributed by atoms with van der Waals surface area (Å²) in [4.78, 5) is 23.0. The molecule has 0 radical (unpaired) electrons. The molecule has 0 heterocycles. The smallest absolute Gasteiger partial charge is 0.316 e. The third kappa shape index (κ3) is 4.93. The number of ether oxygens (including phenoxy) is 2. The maximum atomic E-state index is 11.7. The summed E-state index contributed by atoms with van der Waals surface area (Å²) in [6.07, 6.45) is 0.270. The fourth-order valence-electron chi connectivity index (χ4n) is 1.37. The largest absolute Gasteiger partial charge is 0.468 e. The van der Waals surface area contributed by atoms with Gasteiger partial charge in [-0.05, 0) is 12.8 Å². The molecule has 0 aliphatic rings.